The second kappa shape index (κ2) is 6.36. The molecule has 136 valence electrons. The Kier molecular flexibility index (Phi) is 4.00. The Balaban J connectivity index is 1.94. The number of pyridine rings is 1. The molecule has 8 heteroatoms. The average molecular weight is 360 g/mol. The smallest absolute Gasteiger partial charge is 0.159 e. The molecular formula is C19H20N8. The molecule has 4 aromatic heterocycles. The van der Waals surface area contributed by atoms with Gasteiger partial charge in [-0.25, -0.2) is 9.97 Å². The molecule has 0 atom stereocenters. The van der Waals surface area contributed by atoms with Crippen LogP contribution < -0.4 is 0 Å². The molecule has 0 aliphatic heterocycles. The Bertz CT molecular complexity index is 1180. The first-order valence-corrected chi connectivity index (χ1v) is 8.90. The van der Waals surface area contributed by atoms with Gasteiger partial charge in [0.25, 0.3) is 0 Å². The lowest BCUT2D eigenvalue weighted by atomic mass is 10.2. The zero-order valence-electron chi connectivity index (χ0n) is 15.8. The fraction of sp³-hybridized carbons (Fsp3) is 0.316. The second-order valence-corrected chi connectivity index (χ2v) is 6.41. The summed E-state index contributed by atoms with van der Waals surface area (Å²) in [5, 5.41) is 19.2. The Morgan fingerprint density at radius 2 is 1.89 bits per heavy atom. The molecule has 8 nitrogen and oxygen atoms in total. The quantitative estimate of drug-likeness (QED) is 0.558. The predicted octanol–water partition coefficient (Wildman–Crippen LogP) is 2.92. The predicted molar refractivity (Wildman–Crippen MR) is 102 cm³/mol. The summed E-state index contributed by atoms with van der Waals surface area (Å²) >= 11 is 0. The SMILES string of the molecule is CCn1nc(C)cc1-c1cn(C)c(-c2nc(C#N)cc3c2cnn3CC)n1. The molecule has 4 rings (SSSR count). The Morgan fingerprint density at radius 1 is 1.11 bits per heavy atom. The molecule has 0 fully saturated rings. The molecule has 0 saturated carbocycles. The van der Waals surface area contributed by atoms with E-state index in [4.69, 9.17) is 4.98 Å². The normalized spacial score (nSPS) is 11.2. The third kappa shape index (κ3) is 2.68. The van der Waals surface area contributed by atoms with Crippen molar-refractivity contribution in [1.29, 1.82) is 5.26 Å². The minimum atomic E-state index is 0.353. The summed E-state index contributed by atoms with van der Waals surface area (Å²) in [4.78, 5) is 9.36. The van der Waals surface area contributed by atoms with Crippen LogP contribution in [0.15, 0.2) is 24.5 Å². The van der Waals surface area contributed by atoms with Crippen LogP contribution in [0.1, 0.15) is 25.2 Å². The lowest BCUT2D eigenvalue weighted by molar-refractivity contribution is 0.659. The summed E-state index contributed by atoms with van der Waals surface area (Å²) in [6.07, 6.45) is 3.76. The number of aryl methyl sites for hydroxylation is 4. The van der Waals surface area contributed by atoms with Crippen LogP contribution in [0.25, 0.3) is 33.8 Å². The highest BCUT2D eigenvalue weighted by molar-refractivity contribution is 5.91. The molecule has 0 unspecified atom stereocenters. The van der Waals surface area contributed by atoms with E-state index in [0.717, 1.165) is 41.1 Å². The zero-order valence-corrected chi connectivity index (χ0v) is 15.8. The maximum atomic E-state index is 9.41. The number of aromatic nitrogens is 7. The number of nitriles is 1. The largest absolute Gasteiger partial charge is 0.332 e. The molecule has 0 aromatic carbocycles. The number of fused-ring (bicyclic) bond motifs is 1. The molecule has 0 aliphatic carbocycles. The van der Waals surface area contributed by atoms with Gasteiger partial charge in [0.2, 0.25) is 0 Å². The van der Waals surface area contributed by atoms with Crippen molar-refractivity contribution in [3.05, 3.63) is 35.9 Å². The van der Waals surface area contributed by atoms with Gasteiger partial charge in [-0.3, -0.25) is 9.36 Å². The molecule has 0 saturated heterocycles. The van der Waals surface area contributed by atoms with Crippen molar-refractivity contribution in [1.82, 2.24) is 34.1 Å². The van der Waals surface area contributed by atoms with Gasteiger partial charge in [-0.15, -0.1) is 0 Å². The van der Waals surface area contributed by atoms with Crippen LogP contribution in [0.3, 0.4) is 0 Å². The van der Waals surface area contributed by atoms with Crippen LogP contribution in [0.2, 0.25) is 0 Å². The molecule has 0 amide bonds. The number of rotatable bonds is 4. The van der Waals surface area contributed by atoms with Crippen molar-refractivity contribution in [3.63, 3.8) is 0 Å². The maximum Gasteiger partial charge on any atom is 0.159 e. The number of imidazole rings is 1. The first-order chi connectivity index (χ1) is 13.0. The maximum absolute atomic E-state index is 9.41. The van der Waals surface area contributed by atoms with Gasteiger partial charge in [-0.1, -0.05) is 0 Å². The van der Waals surface area contributed by atoms with E-state index in [-0.39, 0.29) is 0 Å². The highest BCUT2D eigenvalue weighted by Crippen LogP contribution is 2.29. The highest BCUT2D eigenvalue weighted by Gasteiger charge is 2.19. The van der Waals surface area contributed by atoms with Crippen LogP contribution in [0.5, 0.6) is 0 Å². The molecule has 0 bridgehead atoms. The number of hydrogen-bond acceptors (Lipinski definition) is 5. The van der Waals surface area contributed by atoms with E-state index < -0.39 is 0 Å². The lowest BCUT2D eigenvalue weighted by Crippen LogP contribution is -2.00. The zero-order chi connectivity index (χ0) is 19.1. The highest BCUT2D eigenvalue weighted by atomic mass is 15.3. The van der Waals surface area contributed by atoms with Gasteiger partial charge < -0.3 is 4.57 Å². The van der Waals surface area contributed by atoms with Gasteiger partial charge in [-0.05, 0) is 26.8 Å². The van der Waals surface area contributed by atoms with Crippen molar-refractivity contribution >= 4 is 10.9 Å². The summed E-state index contributed by atoms with van der Waals surface area (Å²) in [7, 11) is 1.93. The molecule has 0 aliphatic rings. The number of nitrogens with zero attached hydrogens (tertiary/aromatic N) is 8. The van der Waals surface area contributed by atoms with Gasteiger partial charge in [-0.2, -0.15) is 15.5 Å². The molecule has 0 N–H and O–H groups in total. The third-order valence-electron chi connectivity index (χ3n) is 4.61. The van der Waals surface area contributed by atoms with E-state index in [1.54, 1.807) is 12.3 Å². The average Bonchev–Trinajstić information content (AvgIpc) is 3.36. The van der Waals surface area contributed by atoms with E-state index in [1.807, 2.05) is 47.1 Å². The Labute approximate surface area is 156 Å². The van der Waals surface area contributed by atoms with Crippen LogP contribution >= 0.6 is 0 Å². The van der Waals surface area contributed by atoms with Gasteiger partial charge in [0.1, 0.15) is 23.2 Å². The minimum Gasteiger partial charge on any atom is -0.332 e. The van der Waals surface area contributed by atoms with Crippen molar-refractivity contribution in [3.8, 4) is 29.0 Å². The van der Waals surface area contributed by atoms with Crippen LogP contribution in [-0.2, 0) is 20.1 Å². The van der Waals surface area contributed by atoms with Crippen molar-refractivity contribution in [2.24, 2.45) is 7.05 Å². The summed E-state index contributed by atoms with van der Waals surface area (Å²) in [5.74, 6) is 0.698. The molecule has 0 spiro atoms. The summed E-state index contributed by atoms with van der Waals surface area (Å²) in [6, 6.07) is 5.95. The van der Waals surface area contributed by atoms with Gasteiger partial charge >= 0.3 is 0 Å². The van der Waals surface area contributed by atoms with Crippen LogP contribution in [-0.4, -0.2) is 34.1 Å². The first-order valence-electron chi connectivity index (χ1n) is 8.90. The fourth-order valence-electron chi connectivity index (χ4n) is 3.35. The lowest BCUT2D eigenvalue weighted by Gasteiger charge is -2.05. The Morgan fingerprint density at radius 3 is 2.59 bits per heavy atom. The van der Waals surface area contributed by atoms with Gasteiger partial charge in [0.05, 0.1) is 23.1 Å². The van der Waals surface area contributed by atoms with Crippen LogP contribution in [0.4, 0.5) is 0 Å². The van der Waals surface area contributed by atoms with E-state index in [2.05, 4.69) is 28.2 Å². The number of hydrogen-bond donors (Lipinski definition) is 0. The molecular weight excluding hydrogens is 340 g/mol. The topological polar surface area (TPSA) is 90.1 Å². The molecule has 0 radical (unpaired) electrons. The molecule has 27 heavy (non-hydrogen) atoms. The second-order valence-electron chi connectivity index (χ2n) is 6.41. The fourth-order valence-corrected chi connectivity index (χ4v) is 3.35. The summed E-state index contributed by atoms with van der Waals surface area (Å²) < 4.78 is 5.73. The first kappa shape index (κ1) is 17.0. The summed E-state index contributed by atoms with van der Waals surface area (Å²) in [5.41, 5.74) is 4.65. The third-order valence-corrected chi connectivity index (χ3v) is 4.61. The van der Waals surface area contributed by atoms with E-state index >= 15 is 0 Å². The Hall–Kier alpha value is -3.47. The van der Waals surface area contributed by atoms with E-state index in [9.17, 15) is 5.26 Å². The van der Waals surface area contributed by atoms with Gasteiger partial charge in [0.15, 0.2) is 5.82 Å². The van der Waals surface area contributed by atoms with Crippen molar-refractivity contribution in [2.45, 2.75) is 33.9 Å². The minimum absolute atomic E-state index is 0.353. The monoisotopic (exact) mass is 360 g/mol. The van der Waals surface area contributed by atoms with Crippen molar-refractivity contribution in [2.75, 3.05) is 0 Å². The van der Waals surface area contributed by atoms with E-state index in [0.29, 0.717) is 17.2 Å². The van der Waals surface area contributed by atoms with Gasteiger partial charge in [0, 0.05) is 37.8 Å². The van der Waals surface area contributed by atoms with Crippen LogP contribution in [0, 0.1) is 18.3 Å². The molecule has 4 heterocycles. The standard InChI is InChI=1S/C19H20N8/c1-5-26-16-8-13(9-20)22-18(14(16)10-21-26)19-23-15(11-25(19)4)17-7-12(3)24-27(17)6-2/h7-8,10-11H,5-6H2,1-4H3. The van der Waals surface area contributed by atoms with Crippen molar-refractivity contribution < 1.29 is 0 Å². The van der Waals surface area contributed by atoms with E-state index in [1.165, 1.54) is 0 Å². The molecule has 4 aromatic rings. The summed E-state index contributed by atoms with van der Waals surface area (Å²) in [6.45, 7) is 7.54.